The summed E-state index contributed by atoms with van der Waals surface area (Å²) < 4.78 is 10.6. The van der Waals surface area contributed by atoms with Crippen LogP contribution in [0.1, 0.15) is 36.8 Å². The third kappa shape index (κ3) is 15.8. The summed E-state index contributed by atoms with van der Waals surface area (Å²) in [5.74, 6) is -1.13. The lowest BCUT2D eigenvalue weighted by Crippen LogP contribution is -2.24. The van der Waals surface area contributed by atoms with E-state index in [0.29, 0.717) is 26.2 Å². The summed E-state index contributed by atoms with van der Waals surface area (Å²) in [4.78, 5) is 21.6. The third-order valence-electron chi connectivity index (χ3n) is 4.49. The molecule has 0 radical (unpaired) electrons. The van der Waals surface area contributed by atoms with Crippen LogP contribution in [0.5, 0.6) is 0 Å². The summed E-state index contributed by atoms with van der Waals surface area (Å²) in [7, 11) is 0. The fraction of sp³-hybridized carbons (Fsp3) is 0.440. The lowest BCUT2D eigenvalue weighted by atomic mass is 10.1. The highest BCUT2D eigenvalue weighted by Crippen LogP contribution is 2.06. The van der Waals surface area contributed by atoms with Crippen LogP contribution in [0.25, 0.3) is 0 Å². The Morgan fingerprint density at radius 1 is 0.758 bits per heavy atom. The number of benzene rings is 2. The minimum atomic E-state index is -0.981. The number of rotatable bonds is 15. The van der Waals surface area contributed by atoms with E-state index in [1.165, 1.54) is 0 Å². The number of aliphatic hydroxyl groups excluding tert-OH is 2. The Morgan fingerprint density at radius 2 is 1.24 bits per heavy atom. The van der Waals surface area contributed by atoms with E-state index in [1.807, 2.05) is 60.7 Å². The van der Waals surface area contributed by atoms with Crippen molar-refractivity contribution in [3.8, 4) is 0 Å². The number of aliphatic carboxylic acids is 1. The van der Waals surface area contributed by atoms with Gasteiger partial charge in [-0.25, -0.2) is 0 Å². The van der Waals surface area contributed by atoms with Gasteiger partial charge in [0.15, 0.2) is 0 Å². The van der Waals surface area contributed by atoms with E-state index in [9.17, 15) is 14.7 Å². The highest BCUT2D eigenvalue weighted by Gasteiger charge is 2.10. The van der Waals surface area contributed by atoms with Gasteiger partial charge < -0.3 is 30.5 Å². The molecule has 2 atom stereocenters. The van der Waals surface area contributed by atoms with Gasteiger partial charge in [0.1, 0.15) is 5.78 Å². The molecule has 2 aromatic rings. The van der Waals surface area contributed by atoms with E-state index in [1.54, 1.807) is 0 Å². The van der Waals surface area contributed by atoms with Gasteiger partial charge in [-0.1, -0.05) is 60.7 Å². The zero-order valence-electron chi connectivity index (χ0n) is 18.8. The summed E-state index contributed by atoms with van der Waals surface area (Å²) in [6, 6.07) is 19.4. The van der Waals surface area contributed by atoms with Gasteiger partial charge in [0, 0.05) is 19.4 Å². The molecule has 0 spiro atoms. The lowest BCUT2D eigenvalue weighted by Gasteiger charge is -2.10. The standard InChI is InChI=1S/C15H20O5.C10H15NO2/c16-13(8-9-15(18)19)6-7-14(17)11-20-10-12-4-2-1-3-5-12;11-6-10(12)8-13-7-9-4-2-1-3-5-9/h1-5,14,17H,6-11H2,(H,18,19);1-5,10,12H,6-8,11H2. The van der Waals surface area contributed by atoms with E-state index in [0.717, 1.165) is 11.1 Å². The zero-order valence-corrected chi connectivity index (χ0v) is 18.8. The van der Waals surface area contributed by atoms with Gasteiger partial charge in [-0.15, -0.1) is 0 Å². The summed E-state index contributed by atoms with van der Waals surface area (Å²) in [5.41, 5.74) is 7.35. The minimum absolute atomic E-state index is 0.0208. The maximum atomic E-state index is 11.3. The van der Waals surface area contributed by atoms with Crippen molar-refractivity contribution in [2.45, 2.75) is 51.1 Å². The summed E-state index contributed by atoms with van der Waals surface area (Å²) >= 11 is 0. The first-order chi connectivity index (χ1) is 15.9. The molecule has 0 fully saturated rings. The molecule has 33 heavy (non-hydrogen) atoms. The number of hydrogen-bond donors (Lipinski definition) is 4. The van der Waals surface area contributed by atoms with E-state index >= 15 is 0 Å². The molecule has 0 aliphatic carbocycles. The molecule has 2 rings (SSSR count). The van der Waals surface area contributed by atoms with Crippen LogP contribution < -0.4 is 5.73 Å². The van der Waals surface area contributed by atoms with E-state index in [-0.39, 0.29) is 38.2 Å². The number of carbonyl (C=O) groups excluding carboxylic acids is 1. The number of carboxylic acids is 1. The van der Waals surface area contributed by atoms with Crippen molar-refractivity contribution in [1.82, 2.24) is 0 Å². The van der Waals surface area contributed by atoms with Crippen LogP contribution in [0.4, 0.5) is 0 Å². The van der Waals surface area contributed by atoms with Crippen LogP contribution in [-0.4, -0.2) is 59.0 Å². The molecule has 0 bridgehead atoms. The second-order valence-electron chi connectivity index (χ2n) is 7.52. The molecule has 0 aliphatic rings. The van der Waals surface area contributed by atoms with Gasteiger partial charge in [-0.05, 0) is 17.5 Å². The number of Topliss-reactive ketones (excluding diaryl/α,β-unsaturated/α-hetero) is 1. The topological polar surface area (TPSA) is 139 Å². The molecule has 0 saturated carbocycles. The van der Waals surface area contributed by atoms with Crippen LogP contribution in [0.2, 0.25) is 0 Å². The number of ketones is 1. The molecule has 0 saturated heterocycles. The third-order valence-corrected chi connectivity index (χ3v) is 4.49. The average molecular weight is 462 g/mol. The van der Waals surface area contributed by atoms with E-state index in [2.05, 4.69) is 0 Å². The minimum Gasteiger partial charge on any atom is -0.481 e. The SMILES string of the molecule is NCC(O)COCc1ccccc1.O=C(O)CCC(=O)CCC(O)COCc1ccccc1. The molecule has 0 heterocycles. The predicted octanol–water partition coefficient (Wildman–Crippen LogP) is 2.30. The van der Waals surface area contributed by atoms with Crippen LogP contribution in [0.3, 0.4) is 0 Å². The zero-order chi connectivity index (χ0) is 24.3. The maximum Gasteiger partial charge on any atom is 0.303 e. The largest absolute Gasteiger partial charge is 0.481 e. The molecule has 0 aliphatic heterocycles. The molecule has 5 N–H and O–H groups in total. The number of carbonyl (C=O) groups is 2. The van der Waals surface area contributed by atoms with E-state index in [4.69, 9.17) is 25.4 Å². The molecule has 0 amide bonds. The van der Waals surface area contributed by atoms with Crippen LogP contribution >= 0.6 is 0 Å². The first-order valence-electron chi connectivity index (χ1n) is 10.9. The Balaban J connectivity index is 0.000000361. The fourth-order valence-electron chi connectivity index (χ4n) is 2.62. The van der Waals surface area contributed by atoms with Crippen LogP contribution in [0.15, 0.2) is 60.7 Å². The summed E-state index contributed by atoms with van der Waals surface area (Å²) in [5, 5.41) is 27.2. The fourth-order valence-corrected chi connectivity index (χ4v) is 2.62. The molecule has 182 valence electrons. The summed E-state index contributed by atoms with van der Waals surface area (Å²) in [6.07, 6.45) is -0.904. The smallest absolute Gasteiger partial charge is 0.303 e. The number of aliphatic hydroxyl groups is 2. The highest BCUT2D eigenvalue weighted by atomic mass is 16.5. The van der Waals surface area contributed by atoms with Gasteiger partial charge in [-0.2, -0.15) is 0 Å². The summed E-state index contributed by atoms with van der Waals surface area (Å²) in [6.45, 7) is 1.66. The Hall–Kier alpha value is -2.62. The monoisotopic (exact) mass is 461 g/mol. The molecule has 8 heteroatoms. The number of nitrogens with two attached hydrogens (primary N) is 1. The van der Waals surface area contributed by atoms with Gasteiger partial charge in [0.2, 0.25) is 0 Å². The highest BCUT2D eigenvalue weighted by molar-refractivity contribution is 5.82. The molecule has 2 unspecified atom stereocenters. The van der Waals surface area contributed by atoms with E-state index < -0.39 is 18.2 Å². The maximum absolute atomic E-state index is 11.3. The number of carboxylic acid groups (broad SMARTS) is 1. The Bertz CT molecular complexity index is 771. The Kier molecular flexibility index (Phi) is 15.4. The van der Waals surface area contributed by atoms with Gasteiger partial charge in [0.25, 0.3) is 0 Å². The number of hydrogen-bond acceptors (Lipinski definition) is 7. The Labute approximate surface area is 195 Å². The van der Waals surface area contributed by atoms with Crippen molar-refractivity contribution in [2.75, 3.05) is 19.8 Å². The molecular weight excluding hydrogens is 426 g/mol. The van der Waals surface area contributed by atoms with Crippen LogP contribution in [-0.2, 0) is 32.3 Å². The number of ether oxygens (including phenoxy) is 2. The molecular formula is C25H35NO7. The lowest BCUT2D eigenvalue weighted by molar-refractivity contribution is -0.138. The van der Waals surface area contributed by atoms with Gasteiger partial charge >= 0.3 is 5.97 Å². The van der Waals surface area contributed by atoms with Gasteiger partial charge in [-0.3, -0.25) is 9.59 Å². The Morgan fingerprint density at radius 3 is 1.70 bits per heavy atom. The van der Waals surface area contributed by atoms with Crippen molar-refractivity contribution < 1.29 is 34.4 Å². The van der Waals surface area contributed by atoms with Gasteiger partial charge in [0.05, 0.1) is 45.1 Å². The predicted molar refractivity (Wildman–Crippen MR) is 124 cm³/mol. The average Bonchev–Trinajstić information content (AvgIpc) is 2.83. The molecule has 2 aromatic carbocycles. The molecule has 0 aromatic heterocycles. The first kappa shape index (κ1) is 28.4. The van der Waals surface area contributed by atoms with Crippen LogP contribution in [0, 0.1) is 0 Å². The second kappa shape index (κ2) is 17.9. The normalized spacial score (nSPS) is 12.3. The molecule has 8 nitrogen and oxygen atoms in total. The second-order valence-corrected chi connectivity index (χ2v) is 7.52. The van der Waals surface area contributed by atoms with Crippen molar-refractivity contribution in [2.24, 2.45) is 5.73 Å². The van der Waals surface area contributed by atoms with Crippen molar-refractivity contribution >= 4 is 11.8 Å². The quantitative estimate of drug-likeness (QED) is 0.317. The van der Waals surface area contributed by atoms with Crippen molar-refractivity contribution in [1.29, 1.82) is 0 Å². The van der Waals surface area contributed by atoms with Crippen molar-refractivity contribution in [3.05, 3.63) is 71.8 Å². The first-order valence-corrected chi connectivity index (χ1v) is 10.9. The van der Waals surface area contributed by atoms with Crippen molar-refractivity contribution in [3.63, 3.8) is 0 Å².